The van der Waals surface area contributed by atoms with Crippen molar-refractivity contribution in [3.63, 3.8) is 0 Å². The number of hydrogen-bond acceptors (Lipinski definition) is 4. The molecule has 0 aromatic heterocycles. The Bertz CT molecular complexity index is 628. The number of amides is 2. The van der Waals surface area contributed by atoms with Gasteiger partial charge in [0.1, 0.15) is 0 Å². The third kappa shape index (κ3) is 4.58. The molecule has 0 atom stereocenters. The monoisotopic (exact) mass is 392 g/mol. The van der Waals surface area contributed by atoms with Crippen LogP contribution in [0, 0.1) is 5.92 Å². The van der Waals surface area contributed by atoms with E-state index in [-0.39, 0.29) is 16.7 Å². The smallest absolute Gasteiger partial charge is 0.232 e. The summed E-state index contributed by atoms with van der Waals surface area (Å²) in [7, 11) is 0. The molecule has 2 saturated heterocycles. The van der Waals surface area contributed by atoms with Crippen LogP contribution in [-0.4, -0.2) is 57.6 Å². The minimum atomic E-state index is -0.0741. The molecule has 2 heterocycles. The lowest BCUT2D eigenvalue weighted by molar-refractivity contribution is -0.137. The molecule has 1 spiro atoms. The van der Waals surface area contributed by atoms with Crippen LogP contribution in [0.5, 0.6) is 0 Å². The van der Waals surface area contributed by atoms with Crippen molar-refractivity contribution in [2.24, 2.45) is 5.92 Å². The number of rotatable bonds is 5. The van der Waals surface area contributed by atoms with E-state index in [9.17, 15) is 9.59 Å². The highest BCUT2D eigenvalue weighted by molar-refractivity contribution is 8.01. The molecule has 0 bridgehead atoms. The van der Waals surface area contributed by atoms with E-state index in [1.165, 1.54) is 0 Å². The van der Waals surface area contributed by atoms with Crippen LogP contribution in [0.25, 0.3) is 0 Å². The van der Waals surface area contributed by atoms with E-state index in [0.29, 0.717) is 18.1 Å². The molecule has 4 nitrogen and oxygen atoms in total. The fourth-order valence-corrected chi connectivity index (χ4v) is 5.99. The number of carbonyl (C=O) groups is 2. The highest BCUT2D eigenvalue weighted by Crippen LogP contribution is 2.44. The Kier molecular flexibility index (Phi) is 6.56. The molecule has 142 valence electrons. The van der Waals surface area contributed by atoms with Gasteiger partial charge in [0, 0.05) is 36.7 Å². The average molecular weight is 393 g/mol. The standard InChI is InChI=1S/C20H28N2O2S2/c1-16(2)14-18(23)22-12-13-26-20(22)8-10-21(11-9-20)19(24)15-25-17-6-4-3-5-7-17/h3-7,16H,8-15H2,1-2H3. The van der Waals surface area contributed by atoms with Crippen molar-refractivity contribution in [3.8, 4) is 0 Å². The number of benzene rings is 1. The Labute approximate surface area is 165 Å². The highest BCUT2D eigenvalue weighted by atomic mass is 32.2. The van der Waals surface area contributed by atoms with E-state index in [4.69, 9.17) is 0 Å². The Hall–Kier alpha value is -1.14. The van der Waals surface area contributed by atoms with E-state index >= 15 is 0 Å². The lowest BCUT2D eigenvalue weighted by Gasteiger charge is -2.44. The van der Waals surface area contributed by atoms with Gasteiger partial charge in [-0.2, -0.15) is 0 Å². The first-order chi connectivity index (χ1) is 12.5. The van der Waals surface area contributed by atoms with Crippen molar-refractivity contribution in [3.05, 3.63) is 30.3 Å². The van der Waals surface area contributed by atoms with Crippen LogP contribution in [-0.2, 0) is 9.59 Å². The molecular formula is C20H28N2O2S2. The third-order valence-electron chi connectivity index (χ3n) is 5.06. The highest BCUT2D eigenvalue weighted by Gasteiger charge is 2.46. The lowest BCUT2D eigenvalue weighted by atomic mass is 10.0. The van der Waals surface area contributed by atoms with E-state index in [0.717, 1.165) is 43.1 Å². The topological polar surface area (TPSA) is 40.6 Å². The maximum absolute atomic E-state index is 12.6. The van der Waals surface area contributed by atoms with Gasteiger partial charge in [-0.05, 0) is 30.9 Å². The van der Waals surface area contributed by atoms with Gasteiger partial charge in [-0.15, -0.1) is 23.5 Å². The maximum atomic E-state index is 12.6. The first-order valence-corrected chi connectivity index (χ1v) is 11.4. The fraction of sp³-hybridized carbons (Fsp3) is 0.600. The third-order valence-corrected chi connectivity index (χ3v) is 7.61. The first kappa shape index (κ1) is 19.6. The Morgan fingerprint density at radius 1 is 1.12 bits per heavy atom. The molecule has 0 unspecified atom stereocenters. The van der Waals surface area contributed by atoms with Crippen molar-refractivity contribution in [1.82, 2.24) is 9.80 Å². The zero-order valence-electron chi connectivity index (χ0n) is 15.6. The summed E-state index contributed by atoms with van der Waals surface area (Å²) in [6.45, 7) is 6.56. The van der Waals surface area contributed by atoms with Crippen molar-refractivity contribution in [2.45, 2.75) is 42.9 Å². The predicted molar refractivity (Wildman–Crippen MR) is 109 cm³/mol. The van der Waals surface area contributed by atoms with Gasteiger partial charge in [-0.3, -0.25) is 9.59 Å². The molecule has 1 aromatic rings. The van der Waals surface area contributed by atoms with Gasteiger partial charge in [0.05, 0.1) is 10.6 Å². The molecular weight excluding hydrogens is 364 g/mol. The number of nitrogens with zero attached hydrogens (tertiary/aromatic N) is 2. The molecule has 26 heavy (non-hydrogen) atoms. The zero-order valence-corrected chi connectivity index (χ0v) is 17.3. The summed E-state index contributed by atoms with van der Waals surface area (Å²) < 4.78 is 0. The van der Waals surface area contributed by atoms with Crippen molar-refractivity contribution >= 4 is 35.3 Å². The molecule has 2 amide bonds. The van der Waals surface area contributed by atoms with E-state index in [2.05, 4.69) is 18.7 Å². The lowest BCUT2D eigenvalue weighted by Crippen LogP contribution is -2.54. The van der Waals surface area contributed by atoms with E-state index in [1.807, 2.05) is 47.0 Å². The van der Waals surface area contributed by atoms with Crippen LogP contribution in [0.4, 0.5) is 0 Å². The van der Waals surface area contributed by atoms with Crippen LogP contribution in [0.3, 0.4) is 0 Å². The zero-order chi connectivity index (χ0) is 18.6. The fourth-order valence-electron chi connectivity index (χ4n) is 3.69. The van der Waals surface area contributed by atoms with Crippen LogP contribution < -0.4 is 0 Å². The molecule has 0 saturated carbocycles. The molecule has 2 fully saturated rings. The molecule has 1 aromatic carbocycles. The largest absolute Gasteiger partial charge is 0.342 e. The van der Waals surface area contributed by atoms with Crippen molar-refractivity contribution < 1.29 is 9.59 Å². The second kappa shape index (κ2) is 8.70. The van der Waals surface area contributed by atoms with Gasteiger partial charge in [-0.1, -0.05) is 32.0 Å². The maximum Gasteiger partial charge on any atom is 0.232 e. The van der Waals surface area contributed by atoms with Gasteiger partial charge < -0.3 is 9.80 Å². The molecule has 2 aliphatic heterocycles. The number of thioether (sulfide) groups is 2. The molecule has 3 rings (SSSR count). The Balaban J connectivity index is 1.53. The number of piperidine rings is 1. The quantitative estimate of drug-likeness (QED) is 0.716. The molecule has 2 aliphatic rings. The van der Waals surface area contributed by atoms with Crippen LogP contribution in [0.15, 0.2) is 35.2 Å². The van der Waals surface area contributed by atoms with Crippen LogP contribution in [0.1, 0.15) is 33.1 Å². The van der Waals surface area contributed by atoms with Crippen molar-refractivity contribution in [2.75, 3.05) is 31.1 Å². The van der Waals surface area contributed by atoms with Gasteiger partial charge in [-0.25, -0.2) is 0 Å². The molecule has 0 radical (unpaired) electrons. The Morgan fingerprint density at radius 2 is 1.81 bits per heavy atom. The average Bonchev–Trinajstić information content (AvgIpc) is 3.04. The van der Waals surface area contributed by atoms with Gasteiger partial charge in [0.2, 0.25) is 11.8 Å². The van der Waals surface area contributed by atoms with Gasteiger partial charge in [0.15, 0.2) is 0 Å². The van der Waals surface area contributed by atoms with Crippen LogP contribution in [0.2, 0.25) is 0 Å². The summed E-state index contributed by atoms with van der Waals surface area (Å²) in [6, 6.07) is 10.1. The SMILES string of the molecule is CC(C)CC(=O)N1CCSC12CCN(C(=O)CSc1ccccc1)CC2. The summed E-state index contributed by atoms with van der Waals surface area (Å²) in [6.07, 6.45) is 2.41. The second-order valence-electron chi connectivity index (χ2n) is 7.42. The molecule has 6 heteroatoms. The normalized spacial score (nSPS) is 19.3. The summed E-state index contributed by atoms with van der Waals surface area (Å²) in [5, 5.41) is 0. The van der Waals surface area contributed by atoms with Crippen LogP contribution >= 0.6 is 23.5 Å². The number of hydrogen-bond donors (Lipinski definition) is 0. The summed E-state index contributed by atoms with van der Waals surface area (Å²) in [5.74, 6) is 2.38. The minimum absolute atomic E-state index is 0.0741. The van der Waals surface area contributed by atoms with E-state index < -0.39 is 0 Å². The Morgan fingerprint density at radius 3 is 2.46 bits per heavy atom. The van der Waals surface area contributed by atoms with E-state index in [1.54, 1.807) is 11.8 Å². The number of carbonyl (C=O) groups excluding carboxylic acids is 2. The summed E-state index contributed by atoms with van der Waals surface area (Å²) in [5.41, 5.74) is 0. The van der Waals surface area contributed by atoms with Gasteiger partial charge >= 0.3 is 0 Å². The summed E-state index contributed by atoms with van der Waals surface area (Å²) >= 11 is 3.51. The molecule has 0 N–H and O–H groups in total. The van der Waals surface area contributed by atoms with Crippen molar-refractivity contribution in [1.29, 1.82) is 0 Å². The number of likely N-dealkylation sites (tertiary alicyclic amines) is 1. The predicted octanol–water partition coefficient (Wildman–Crippen LogP) is 3.72. The molecule has 0 aliphatic carbocycles. The first-order valence-electron chi connectivity index (χ1n) is 9.40. The summed E-state index contributed by atoms with van der Waals surface area (Å²) in [4.78, 5) is 30.3. The van der Waals surface area contributed by atoms with Gasteiger partial charge in [0.25, 0.3) is 0 Å². The minimum Gasteiger partial charge on any atom is -0.342 e. The second-order valence-corrected chi connectivity index (χ2v) is 9.93.